The summed E-state index contributed by atoms with van der Waals surface area (Å²) in [5.41, 5.74) is 0.183. The normalized spacial score (nSPS) is 10.4. The molecule has 5 nitrogen and oxygen atoms in total. The van der Waals surface area contributed by atoms with Gasteiger partial charge in [-0.2, -0.15) is 0 Å². The molecule has 0 aliphatic rings. The van der Waals surface area contributed by atoms with Gasteiger partial charge in [0.1, 0.15) is 0 Å². The number of carboxylic acid groups (broad SMARTS) is 2. The van der Waals surface area contributed by atoms with E-state index in [1.54, 1.807) is 67.8 Å². The van der Waals surface area contributed by atoms with Crippen molar-refractivity contribution in [3.8, 4) is 0 Å². The molecule has 3 N–H and O–H groups in total. The molecule has 0 bridgehead atoms. The molecule has 0 amide bonds. The van der Waals surface area contributed by atoms with Gasteiger partial charge in [0.05, 0.1) is 17.7 Å². The second-order valence-electron chi connectivity index (χ2n) is 2.94. The maximum atomic E-state index is 11.1. The highest BCUT2D eigenvalue weighted by Gasteiger charge is 2.26. The molecule has 0 aliphatic carbocycles. The van der Waals surface area contributed by atoms with Crippen LogP contribution in [-0.4, -0.2) is 27.3 Å². The summed E-state index contributed by atoms with van der Waals surface area (Å²) in [4.78, 5) is 22.2. The molecule has 0 aliphatic heterocycles. The first-order valence-electron chi connectivity index (χ1n) is 4.09. The van der Waals surface area contributed by atoms with Crippen LogP contribution < -0.4 is 0 Å². The number of aliphatic hydroxyl groups is 1. The lowest BCUT2D eigenvalue weighted by Gasteiger charge is -2.13. The Kier molecular flexibility index (Phi) is 5.39. The molecule has 0 spiro atoms. The molecule has 8 heteroatoms. The zero-order valence-corrected chi connectivity index (χ0v) is 14.5. The summed E-state index contributed by atoms with van der Waals surface area (Å²) in [6.07, 6.45) is 0. The largest absolute Gasteiger partial charge is 0.478 e. The van der Waals surface area contributed by atoms with Gasteiger partial charge in [0, 0.05) is 16.3 Å². The van der Waals surface area contributed by atoms with Crippen LogP contribution >= 0.6 is 67.8 Å². The van der Waals surface area contributed by atoms with E-state index in [2.05, 4.69) is 0 Å². The Balaban J connectivity index is 3.82. The van der Waals surface area contributed by atoms with Crippen molar-refractivity contribution in [2.24, 2.45) is 0 Å². The Bertz CT molecular complexity index is 471. The molecule has 17 heavy (non-hydrogen) atoms. The molecular formula is C9H5I3O5. The van der Waals surface area contributed by atoms with E-state index in [4.69, 9.17) is 10.2 Å². The molecular weight excluding hydrogens is 569 g/mol. The molecule has 0 heterocycles. The highest BCUT2D eigenvalue weighted by atomic mass is 127. The fourth-order valence-electron chi connectivity index (χ4n) is 1.23. The van der Waals surface area contributed by atoms with Crippen molar-refractivity contribution in [3.63, 3.8) is 0 Å². The average Bonchev–Trinajstić information content (AvgIpc) is 2.16. The standard InChI is InChI=1S/C9H5I3O5/c10-5-2(1-13)6(11)4(9(16)17)7(12)3(5)8(14)15/h13H,1H2,(H,14,15)(H,16,17). The van der Waals surface area contributed by atoms with Gasteiger partial charge in [0.2, 0.25) is 0 Å². The summed E-state index contributed by atoms with van der Waals surface area (Å²) in [7, 11) is 0. The minimum absolute atomic E-state index is 0.0759. The minimum Gasteiger partial charge on any atom is -0.478 e. The van der Waals surface area contributed by atoms with E-state index in [1.165, 1.54) is 0 Å². The number of aromatic carboxylic acids is 2. The van der Waals surface area contributed by atoms with Crippen LogP contribution in [0.2, 0.25) is 0 Å². The fourth-order valence-corrected chi connectivity index (χ4v) is 5.66. The average molecular weight is 574 g/mol. The third kappa shape index (κ3) is 2.84. The molecule has 0 saturated carbocycles. The van der Waals surface area contributed by atoms with Gasteiger partial charge in [0.25, 0.3) is 0 Å². The van der Waals surface area contributed by atoms with Gasteiger partial charge in [-0.25, -0.2) is 9.59 Å². The van der Waals surface area contributed by atoms with Crippen molar-refractivity contribution < 1.29 is 24.9 Å². The second-order valence-corrected chi connectivity index (χ2v) is 6.18. The first-order chi connectivity index (χ1) is 7.82. The Morgan fingerprint density at radius 3 is 1.47 bits per heavy atom. The van der Waals surface area contributed by atoms with E-state index >= 15 is 0 Å². The maximum Gasteiger partial charge on any atom is 0.337 e. The van der Waals surface area contributed by atoms with Crippen molar-refractivity contribution >= 4 is 79.7 Å². The number of rotatable bonds is 3. The Hall–Kier alpha value is 0.310. The van der Waals surface area contributed by atoms with Crippen LogP contribution in [0, 0.1) is 10.7 Å². The van der Waals surface area contributed by atoms with Gasteiger partial charge < -0.3 is 15.3 Å². The predicted octanol–water partition coefficient (Wildman–Crippen LogP) is 2.39. The van der Waals surface area contributed by atoms with Gasteiger partial charge in [-0.05, 0) is 67.8 Å². The minimum atomic E-state index is -1.20. The number of benzene rings is 1. The SMILES string of the molecule is O=C(O)c1c(I)c(CO)c(I)c(C(=O)O)c1I. The molecule has 92 valence electrons. The fraction of sp³-hybridized carbons (Fsp3) is 0.111. The lowest BCUT2D eigenvalue weighted by atomic mass is 10.1. The van der Waals surface area contributed by atoms with Crippen molar-refractivity contribution in [1.82, 2.24) is 0 Å². The van der Waals surface area contributed by atoms with Crippen molar-refractivity contribution in [3.05, 3.63) is 27.4 Å². The molecule has 0 saturated heterocycles. The summed E-state index contributed by atoms with van der Waals surface area (Å²) < 4.78 is 0.918. The van der Waals surface area contributed by atoms with E-state index in [0.717, 1.165) is 0 Å². The predicted molar refractivity (Wildman–Crippen MR) is 84.4 cm³/mol. The van der Waals surface area contributed by atoms with Gasteiger partial charge in [-0.3, -0.25) is 0 Å². The van der Waals surface area contributed by atoms with Crippen LogP contribution in [0.4, 0.5) is 0 Å². The number of carbonyl (C=O) groups is 2. The van der Waals surface area contributed by atoms with E-state index in [1.807, 2.05) is 0 Å². The smallest absolute Gasteiger partial charge is 0.337 e. The van der Waals surface area contributed by atoms with Gasteiger partial charge in [-0.1, -0.05) is 0 Å². The molecule has 0 atom stereocenters. The van der Waals surface area contributed by atoms with E-state index in [0.29, 0.717) is 12.7 Å². The van der Waals surface area contributed by atoms with E-state index in [9.17, 15) is 14.7 Å². The Labute approximate surface area is 137 Å². The summed E-state index contributed by atoms with van der Waals surface area (Å²) in [6.45, 7) is -0.395. The summed E-state index contributed by atoms with van der Waals surface area (Å²) >= 11 is 5.31. The highest BCUT2D eigenvalue weighted by Crippen LogP contribution is 2.32. The number of hydrogen-bond donors (Lipinski definition) is 3. The third-order valence-corrected chi connectivity index (χ3v) is 5.45. The molecule has 0 fully saturated rings. The molecule has 0 unspecified atom stereocenters. The molecule has 1 rings (SSSR count). The highest BCUT2D eigenvalue weighted by molar-refractivity contribution is 14.1. The van der Waals surface area contributed by atoms with Crippen molar-refractivity contribution in [1.29, 1.82) is 0 Å². The van der Waals surface area contributed by atoms with Crippen molar-refractivity contribution in [2.75, 3.05) is 0 Å². The molecule has 1 aromatic rings. The zero-order valence-electron chi connectivity index (χ0n) is 8.00. The third-order valence-electron chi connectivity index (χ3n) is 1.99. The van der Waals surface area contributed by atoms with Crippen LogP contribution in [-0.2, 0) is 6.61 Å². The summed E-state index contributed by atoms with van der Waals surface area (Å²) in [5.74, 6) is -2.40. The van der Waals surface area contributed by atoms with E-state index < -0.39 is 18.5 Å². The topological polar surface area (TPSA) is 94.8 Å². The van der Waals surface area contributed by atoms with Gasteiger partial charge >= 0.3 is 11.9 Å². The summed E-state index contributed by atoms with van der Waals surface area (Å²) in [5, 5.41) is 27.4. The molecule has 0 radical (unpaired) electrons. The number of aliphatic hydroxyl groups excluding tert-OH is 1. The first kappa shape index (κ1) is 15.4. The quantitative estimate of drug-likeness (QED) is 0.483. The Morgan fingerprint density at radius 1 is 0.882 bits per heavy atom. The van der Waals surface area contributed by atoms with E-state index in [-0.39, 0.29) is 14.7 Å². The zero-order chi connectivity index (χ0) is 13.3. The van der Waals surface area contributed by atoms with Crippen LogP contribution in [0.3, 0.4) is 0 Å². The van der Waals surface area contributed by atoms with Gasteiger partial charge in [-0.15, -0.1) is 0 Å². The monoisotopic (exact) mass is 574 g/mol. The number of hydrogen-bond acceptors (Lipinski definition) is 3. The lowest BCUT2D eigenvalue weighted by molar-refractivity contribution is 0.0693. The van der Waals surface area contributed by atoms with Gasteiger partial charge in [0.15, 0.2) is 0 Å². The first-order valence-corrected chi connectivity index (χ1v) is 7.33. The number of carboxylic acids is 2. The lowest BCUT2D eigenvalue weighted by Crippen LogP contribution is -2.15. The Morgan fingerprint density at radius 2 is 1.24 bits per heavy atom. The van der Waals surface area contributed by atoms with Crippen LogP contribution in [0.15, 0.2) is 0 Å². The molecule has 0 aromatic heterocycles. The summed E-state index contributed by atoms with van der Waals surface area (Å²) in [6, 6.07) is 0. The van der Waals surface area contributed by atoms with Crippen LogP contribution in [0.5, 0.6) is 0 Å². The van der Waals surface area contributed by atoms with Crippen LogP contribution in [0.25, 0.3) is 0 Å². The molecule has 1 aromatic carbocycles. The van der Waals surface area contributed by atoms with Crippen LogP contribution in [0.1, 0.15) is 26.3 Å². The maximum absolute atomic E-state index is 11.1. The van der Waals surface area contributed by atoms with Crippen molar-refractivity contribution in [2.45, 2.75) is 6.61 Å². The second kappa shape index (κ2) is 5.97. The number of halogens is 3.